The number of rotatable bonds is 7. The number of nitrogens with one attached hydrogen (secondary N) is 2. The SMILES string of the molecule is Cc1cccc(C)c1NC(=O)CNC(=O)C(C)Oc1ccc(-c2ccccc2)cc1. The monoisotopic (exact) mass is 402 g/mol. The smallest absolute Gasteiger partial charge is 0.261 e. The summed E-state index contributed by atoms with van der Waals surface area (Å²) in [6.45, 7) is 5.40. The molecule has 154 valence electrons. The Labute approximate surface area is 177 Å². The number of para-hydroxylation sites is 1. The Hall–Kier alpha value is -3.60. The quantitative estimate of drug-likeness (QED) is 0.612. The van der Waals surface area contributed by atoms with E-state index in [0.29, 0.717) is 5.75 Å². The van der Waals surface area contributed by atoms with Gasteiger partial charge in [-0.05, 0) is 55.2 Å². The lowest BCUT2D eigenvalue weighted by Gasteiger charge is -2.16. The van der Waals surface area contributed by atoms with Crippen molar-refractivity contribution in [2.24, 2.45) is 0 Å². The second-order valence-corrected chi connectivity index (χ2v) is 7.18. The number of amides is 2. The minimum absolute atomic E-state index is 0.118. The maximum absolute atomic E-state index is 12.3. The van der Waals surface area contributed by atoms with E-state index >= 15 is 0 Å². The molecule has 5 nitrogen and oxygen atoms in total. The molecule has 2 amide bonds. The molecule has 1 unspecified atom stereocenters. The van der Waals surface area contributed by atoms with Crippen molar-refractivity contribution in [3.05, 3.63) is 83.9 Å². The van der Waals surface area contributed by atoms with Gasteiger partial charge < -0.3 is 15.4 Å². The molecule has 0 heterocycles. The zero-order chi connectivity index (χ0) is 21.5. The lowest BCUT2D eigenvalue weighted by atomic mass is 10.1. The van der Waals surface area contributed by atoms with Crippen molar-refractivity contribution in [1.29, 1.82) is 0 Å². The number of ether oxygens (including phenoxy) is 1. The Morgan fingerprint density at radius 3 is 2.07 bits per heavy atom. The van der Waals surface area contributed by atoms with Crippen LogP contribution in [0.5, 0.6) is 5.75 Å². The summed E-state index contributed by atoms with van der Waals surface area (Å²) in [6.07, 6.45) is -0.722. The van der Waals surface area contributed by atoms with Gasteiger partial charge in [-0.1, -0.05) is 60.7 Å². The van der Waals surface area contributed by atoms with Crippen LogP contribution in [0.2, 0.25) is 0 Å². The molecule has 30 heavy (non-hydrogen) atoms. The van der Waals surface area contributed by atoms with Crippen molar-refractivity contribution < 1.29 is 14.3 Å². The zero-order valence-electron chi connectivity index (χ0n) is 17.4. The minimum Gasteiger partial charge on any atom is -0.481 e. The maximum atomic E-state index is 12.3. The molecule has 0 aromatic heterocycles. The number of hydrogen-bond acceptors (Lipinski definition) is 3. The first kappa shape index (κ1) is 21.1. The molecule has 0 saturated carbocycles. The van der Waals surface area contributed by atoms with Crippen LogP contribution < -0.4 is 15.4 Å². The van der Waals surface area contributed by atoms with Crippen LogP contribution in [0.25, 0.3) is 11.1 Å². The van der Waals surface area contributed by atoms with E-state index in [2.05, 4.69) is 10.6 Å². The second kappa shape index (κ2) is 9.74. The van der Waals surface area contributed by atoms with Gasteiger partial charge in [0, 0.05) is 5.69 Å². The third-order valence-corrected chi connectivity index (χ3v) is 4.81. The third-order valence-electron chi connectivity index (χ3n) is 4.81. The summed E-state index contributed by atoms with van der Waals surface area (Å²) in [7, 11) is 0. The fraction of sp³-hybridized carbons (Fsp3) is 0.200. The van der Waals surface area contributed by atoms with Gasteiger partial charge in [0.05, 0.1) is 6.54 Å². The molecule has 1 atom stereocenters. The van der Waals surface area contributed by atoms with Gasteiger partial charge in [-0.25, -0.2) is 0 Å². The van der Waals surface area contributed by atoms with Gasteiger partial charge in [-0.3, -0.25) is 9.59 Å². The summed E-state index contributed by atoms with van der Waals surface area (Å²) in [5.74, 6) is -0.0312. The number of anilines is 1. The summed E-state index contributed by atoms with van der Waals surface area (Å²) in [5.41, 5.74) is 4.92. The predicted molar refractivity (Wildman–Crippen MR) is 120 cm³/mol. The number of aryl methyl sites for hydroxylation is 2. The largest absolute Gasteiger partial charge is 0.481 e. The van der Waals surface area contributed by atoms with Gasteiger partial charge in [-0.2, -0.15) is 0 Å². The topological polar surface area (TPSA) is 67.4 Å². The van der Waals surface area contributed by atoms with E-state index in [1.165, 1.54) is 0 Å². The molecular weight excluding hydrogens is 376 g/mol. The lowest BCUT2D eigenvalue weighted by Crippen LogP contribution is -2.40. The van der Waals surface area contributed by atoms with Gasteiger partial charge in [0.2, 0.25) is 5.91 Å². The summed E-state index contributed by atoms with van der Waals surface area (Å²) < 4.78 is 5.71. The van der Waals surface area contributed by atoms with E-state index < -0.39 is 6.10 Å². The molecule has 0 aliphatic rings. The van der Waals surface area contributed by atoms with Crippen LogP contribution in [0.3, 0.4) is 0 Å². The van der Waals surface area contributed by atoms with Crippen LogP contribution in [0.15, 0.2) is 72.8 Å². The van der Waals surface area contributed by atoms with Crippen LogP contribution in [0.4, 0.5) is 5.69 Å². The molecule has 0 bridgehead atoms. The Morgan fingerprint density at radius 1 is 0.833 bits per heavy atom. The third kappa shape index (κ3) is 5.47. The van der Waals surface area contributed by atoms with E-state index in [9.17, 15) is 9.59 Å². The summed E-state index contributed by atoms with van der Waals surface area (Å²) >= 11 is 0. The Balaban J connectivity index is 1.50. The van der Waals surface area contributed by atoms with Crippen LogP contribution >= 0.6 is 0 Å². The standard InChI is InChI=1S/C25H26N2O3/c1-17-8-7-9-18(2)24(17)27-23(28)16-26-25(29)19(3)30-22-14-12-21(13-15-22)20-10-5-4-6-11-20/h4-15,19H,16H2,1-3H3,(H,26,29)(H,27,28). The number of hydrogen-bond donors (Lipinski definition) is 2. The molecule has 0 radical (unpaired) electrons. The number of carbonyl (C=O) groups excluding carboxylic acids is 2. The zero-order valence-corrected chi connectivity index (χ0v) is 17.4. The average Bonchev–Trinajstić information content (AvgIpc) is 2.76. The maximum Gasteiger partial charge on any atom is 0.261 e. The predicted octanol–water partition coefficient (Wildman–Crippen LogP) is 4.49. The lowest BCUT2D eigenvalue weighted by molar-refractivity contribution is -0.129. The highest BCUT2D eigenvalue weighted by Crippen LogP contribution is 2.22. The second-order valence-electron chi connectivity index (χ2n) is 7.18. The van der Waals surface area contributed by atoms with Crippen molar-refractivity contribution in [3.63, 3.8) is 0 Å². The van der Waals surface area contributed by atoms with Crippen LogP contribution in [-0.2, 0) is 9.59 Å². The Kier molecular flexibility index (Phi) is 6.86. The molecule has 0 saturated heterocycles. The van der Waals surface area contributed by atoms with Gasteiger partial charge in [-0.15, -0.1) is 0 Å². The molecule has 0 spiro atoms. The highest BCUT2D eigenvalue weighted by molar-refractivity contribution is 5.96. The van der Waals surface area contributed by atoms with Crippen molar-refractivity contribution in [2.75, 3.05) is 11.9 Å². The van der Waals surface area contributed by atoms with Crippen molar-refractivity contribution in [2.45, 2.75) is 26.9 Å². The van der Waals surface area contributed by atoms with E-state index in [0.717, 1.165) is 27.9 Å². The van der Waals surface area contributed by atoms with Crippen molar-refractivity contribution in [1.82, 2.24) is 5.32 Å². The molecular formula is C25H26N2O3. The number of benzene rings is 3. The Bertz CT molecular complexity index is 994. The molecule has 0 aliphatic carbocycles. The summed E-state index contributed by atoms with van der Waals surface area (Å²) in [5, 5.41) is 5.47. The van der Waals surface area contributed by atoms with E-state index in [-0.39, 0.29) is 18.4 Å². The molecule has 3 aromatic carbocycles. The fourth-order valence-electron chi connectivity index (χ4n) is 3.12. The van der Waals surface area contributed by atoms with Gasteiger partial charge >= 0.3 is 0 Å². The van der Waals surface area contributed by atoms with E-state index in [1.54, 1.807) is 6.92 Å². The molecule has 0 fully saturated rings. The highest BCUT2D eigenvalue weighted by atomic mass is 16.5. The summed E-state index contributed by atoms with van der Waals surface area (Å²) in [4.78, 5) is 24.5. The molecule has 2 N–H and O–H groups in total. The number of carbonyl (C=O) groups is 2. The fourth-order valence-corrected chi connectivity index (χ4v) is 3.12. The van der Waals surface area contributed by atoms with E-state index in [4.69, 9.17) is 4.74 Å². The first-order chi connectivity index (χ1) is 14.4. The van der Waals surface area contributed by atoms with Gasteiger partial charge in [0.1, 0.15) is 5.75 Å². The van der Waals surface area contributed by atoms with Crippen LogP contribution in [0.1, 0.15) is 18.1 Å². The first-order valence-electron chi connectivity index (χ1n) is 9.90. The van der Waals surface area contributed by atoms with Crippen molar-refractivity contribution in [3.8, 4) is 16.9 Å². The molecule has 0 aliphatic heterocycles. The van der Waals surface area contributed by atoms with E-state index in [1.807, 2.05) is 86.6 Å². The average molecular weight is 402 g/mol. The Morgan fingerprint density at radius 2 is 1.43 bits per heavy atom. The molecule has 5 heteroatoms. The normalized spacial score (nSPS) is 11.4. The summed E-state index contributed by atoms with van der Waals surface area (Å²) in [6, 6.07) is 23.4. The van der Waals surface area contributed by atoms with Gasteiger partial charge in [0.15, 0.2) is 6.10 Å². The van der Waals surface area contributed by atoms with Crippen molar-refractivity contribution >= 4 is 17.5 Å². The van der Waals surface area contributed by atoms with Crippen LogP contribution in [0, 0.1) is 13.8 Å². The van der Waals surface area contributed by atoms with Gasteiger partial charge in [0.25, 0.3) is 5.91 Å². The minimum atomic E-state index is -0.722. The first-order valence-corrected chi connectivity index (χ1v) is 9.90. The highest BCUT2D eigenvalue weighted by Gasteiger charge is 2.16. The van der Waals surface area contributed by atoms with Crippen LogP contribution in [-0.4, -0.2) is 24.5 Å². The molecule has 3 rings (SSSR count). The molecule has 3 aromatic rings.